The molecule has 0 bridgehead atoms. The highest BCUT2D eigenvalue weighted by molar-refractivity contribution is 6.02. The minimum Gasteiger partial charge on any atom is -0.488 e. The van der Waals surface area contributed by atoms with E-state index in [9.17, 15) is 0 Å². The van der Waals surface area contributed by atoms with Crippen LogP contribution in [0.15, 0.2) is 85.2 Å². The Labute approximate surface area is 198 Å². The molecule has 3 heteroatoms. The molecular formula is C30H34N2O. The van der Waals surface area contributed by atoms with Crippen LogP contribution < -0.4 is 9.64 Å². The first kappa shape index (κ1) is 22.8. The van der Waals surface area contributed by atoms with E-state index in [2.05, 4.69) is 90.5 Å². The van der Waals surface area contributed by atoms with Gasteiger partial charge in [0.05, 0.1) is 0 Å². The van der Waals surface area contributed by atoms with E-state index in [1.807, 2.05) is 18.5 Å². The molecule has 33 heavy (non-hydrogen) atoms. The summed E-state index contributed by atoms with van der Waals surface area (Å²) in [7, 11) is 0. The molecule has 0 amide bonds. The van der Waals surface area contributed by atoms with Gasteiger partial charge in [-0.15, -0.1) is 0 Å². The summed E-state index contributed by atoms with van der Waals surface area (Å²) in [5.41, 5.74) is 4.68. The molecular weight excluding hydrogens is 404 g/mol. The normalized spacial score (nSPS) is 11.0. The van der Waals surface area contributed by atoms with E-state index in [4.69, 9.17) is 4.74 Å². The molecule has 1 aromatic heterocycles. The summed E-state index contributed by atoms with van der Waals surface area (Å²) < 4.78 is 6.44. The average molecular weight is 439 g/mol. The topological polar surface area (TPSA) is 25.4 Å². The second-order valence-electron chi connectivity index (χ2n) is 8.52. The van der Waals surface area contributed by atoms with Crippen molar-refractivity contribution >= 4 is 16.5 Å². The van der Waals surface area contributed by atoms with Gasteiger partial charge in [-0.05, 0) is 41.3 Å². The molecule has 0 unspecified atom stereocenters. The van der Waals surface area contributed by atoms with Gasteiger partial charge in [-0.3, -0.25) is 4.98 Å². The summed E-state index contributed by atoms with van der Waals surface area (Å²) >= 11 is 0. The van der Waals surface area contributed by atoms with Crippen LogP contribution in [0.25, 0.3) is 21.9 Å². The van der Waals surface area contributed by atoms with Gasteiger partial charge < -0.3 is 9.64 Å². The van der Waals surface area contributed by atoms with Crippen molar-refractivity contribution < 1.29 is 4.74 Å². The molecule has 0 atom stereocenters. The van der Waals surface area contributed by atoms with E-state index in [-0.39, 0.29) is 0 Å². The molecule has 4 aromatic rings. The van der Waals surface area contributed by atoms with Crippen molar-refractivity contribution in [2.75, 3.05) is 18.0 Å². The van der Waals surface area contributed by atoms with E-state index >= 15 is 0 Å². The van der Waals surface area contributed by atoms with Gasteiger partial charge in [0.1, 0.15) is 12.4 Å². The second-order valence-corrected chi connectivity index (χ2v) is 8.52. The van der Waals surface area contributed by atoms with Gasteiger partial charge in [0, 0.05) is 42.3 Å². The van der Waals surface area contributed by atoms with Crippen molar-refractivity contribution in [2.45, 2.75) is 46.1 Å². The summed E-state index contributed by atoms with van der Waals surface area (Å²) in [5, 5.41) is 2.41. The summed E-state index contributed by atoms with van der Waals surface area (Å²) in [6, 6.07) is 25.3. The maximum Gasteiger partial charge on any atom is 0.128 e. The third kappa shape index (κ3) is 5.54. The van der Waals surface area contributed by atoms with Gasteiger partial charge in [0.15, 0.2) is 0 Å². The number of rotatable bonds is 11. The summed E-state index contributed by atoms with van der Waals surface area (Å²) in [6.45, 7) is 7.16. The molecule has 0 aliphatic rings. The number of aromatic nitrogens is 1. The fraction of sp³-hybridized carbons (Fsp3) is 0.300. The molecule has 0 saturated carbocycles. The van der Waals surface area contributed by atoms with Crippen molar-refractivity contribution in [3.05, 3.63) is 90.8 Å². The van der Waals surface area contributed by atoms with Crippen LogP contribution in [0, 0.1) is 0 Å². The molecule has 0 spiro atoms. The monoisotopic (exact) mass is 438 g/mol. The predicted octanol–water partition coefficient (Wildman–Crippen LogP) is 7.89. The van der Waals surface area contributed by atoms with E-state index in [0.29, 0.717) is 6.61 Å². The van der Waals surface area contributed by atoms with Gasteiger partial charge in [-0.2, -0.15) is 0 Å². The van der Waals surface area contributed by atoms with Crippen molar-refractivity contribution in [1.82, 2.24) is 4.98 Å². The van der Waals surface area contributed by atoms with E-state index in [1.54, 1.807) is 0 Å². The number of anilines is 1. The Morgan fingerprint density at radius 1 is 0.788 bits per heavy atom. The zero-order valence-corrected chi connectivity index (χ0v) is 19.8. The lowest BCUT2D eigenvalue weighted by Crippen LogP contribution is -2.26. The van der Waals surface area contributed by atoms with Gasteiger partial charge in [0.25, 0.3) is 0 Å². The number of hydrogen-bond donors (Lipinski definition) is 0. The second kappa shape index (κ2) is 11.5. The van der Waals surface area contributed by atoms with Crippen LogP contribution in [-0.2, 0) is 6.61 Å². The molecule has 4 rings (SSSR count). The lowest BCUT2D eigenvalue weighted by molar-refractivity contribution is 0.308. The van der Waals surface area contributed by atoms with Crippen LogP contribution in [0.4, 0.5) is 5.69 Å². The fourth-order valence-corrected chi connectivity index (χ4v) is 4.29. The minimum atomic E-state index is 0.539. The highest BCUT2D eigenvalue weighted by atomic mass is 16.5. The van der Waals surface area contributed by atoms with Gasteiger partial charge >= 0.3 is 0 Å². The molecule has 1 heterocycles. The standard InChI is InChI=1S/C30H34N2O/c1-3-5-20-32(21-6-4-2)28-18-19-31-22-27(28)30-26-15-11-10-14-25(26)16-17-29(30)33-23-24-12-8-7-9-13-24/h7-19,22H,3-6,20-21,23H2,1-2H3. The molecule has 170 valence electrons. The summed E-state index contributed by atoms with van der Waals surface area (Å²) in [6.07, 6.45) is 8.65. The van der Waals surface area contributed by atoms with Crippen LogP contribution >= 0.6 is 0 Å². The number of pyridine rings is 1. The minimum absolute atomic E-state index is 0.539. The van der Waals surface area contributed by atoms with Crippen LogP contribution in [-0.4, -0.2) is 18.1 Å². The average Bonchev–Trinajstić information content (AvgIpc) is 2.88. The first-order valence-corrected chi connectivity index (χ1v) is 12.2. The molecule has 0 saturated heterocycles. The van der Waals surface area contributed by atoms with Gasteiger partial charge in [-0.25, -0.2) is 0 Å². The maximum absolute atomic E-state index is 6.44. The Morgan fingerprint density at radius 2 is 1.52 bits per heavy atom. The Morgan fingerprint density at radius 3 is 2.27 bits per heavy atom. The number of hydrogen-bond acceptors (Lipinski definition) is 3. The van der Waals surface area contributed by atoms with Crippen LogP contribution in [0.3, 0.4) is 0 Å². The van der Waals surface area contributed by atoms with Crippen molar-refractivity contribution in [3.8, 4) is 16.9 Å². The lowest BCUT2D eigenvalue weighted by Gasteiger charge is -2.28. The molecule has 0 aliphatic carbocycles. The Hall–Kier alpha value is -3.33. The number of fused-ring (bicyclic) bond motifs is 1. The van der Waals surface area contributed by atoms with Crippen molar-refractivity contribution in [2.24, 2.45) is 0 Å². The van der Waals surface area contributed by atoms with E-state index < -0.39 is 0 Å². The number of benzene rings is 3. The van der Waals surface area contributed by atoms with Crippen LogP contribution in [0.2, 0.25) is 0 Å². The first-order valence-electron chi connectivity index (χ1n) is 12.2. The predicted molar refractivity (Wildman–Crippen MR) is 140 cm³/mol. The highest BCUT2D eigenvalue weighted by Gasteiger charge is 2.18. The number of nitrogens with zero attached hydrogens (tertiary/aromatic N) is 2. The zero-order valence-electron chi connectivity index (χ0n) is 19.8. The third-order valence-electron chi connectivity index (χ3n) is 6.10. The fourth-order valence-electron chi connectivity index (χ4n) is 4.29. The van der Waals surface area contributed by atoms with Crippen LogP contribution in [0.5, 0.6) is 5.75 Å². The number of unbranched alkanes of at least 4 members (excludes halogenated alkanes) is 2. The zero-order chi connectivity index (χ0) is 22.9. The highest BCUT2D eigenvalue weighted by Crippen LogP contribution is 2.41. The van der Waals surface area contributed by atoms with Crippen LogP contribution in [0.1, 0.15) is 45.1 Å². The van der Waals surface area contributed by atoms with Crippen molar-refractivity contribution in [1.29, 1.82) is 0 Å². The molecule has 0 aliphatic heterocycles. The van der Waals surface area contributed by atoms with E-state index in [0.717, 1.165) is 35.5 Å². The molecule has 3 nitrogen and oxygen atoms in total. The Kier molecular flexibility index (Phi) is 7.97. The molecule has 0 radical (unpaired) electrons. The largest absolute Gasteiger partial charge is 0.488 e. The quantitative estimate of drug-likeness (QED) is 0.238. The molecule has 3 aromatic carbocycles. The van der Waals surface area contributed by atoms with Gasteiger partial charge in [0.2, 0.25) is 0 Å². The Balaban J connectivity index is 1.81. The SMILES string of the molecule is CCCCN(CCCC)c1ccncc1-c1c(OCc2ccccc2)ccc2ccccc12. The first-order chi connectivity index (χ1) is 16.3. The maximum atomic E-state index is 6.44. The smallest absolute Gasteiger partial charge is 0.128 e. The van der Waals surface area contributed by atoms with Gasteiger partial charge in [-0.1, -0.05) is 87.4 Å². The third-order valence-corrected chi connectivity index (χ3v) is 6.10. The molecule has 0 N–H and O–H groups in total. The van der Waals surface area contributed by atoms with E-state index in [1.165, 1.54) is 42.1 Å². The Bertz CT molecular complexity index is 1150. The lowest BCUT2D eigenvalue weighted by atomic mass is 9.96. The number of ether oxygens (including phenoxy) is 1. The molecule has 0 fully saturated rings. The summed E-state index contributed by atoms with van der Waals surface area (Å²) in [5.74, 6) is 0.901. The van der Waals surface area contributed by atoms with Crippen molar-refractivity contribution in [3.63, 3.8) is 0 Å². The summed E-state index contributed by atoms with van der Waals surface area (Å²) in [4.78, 5) is 7.08.